The number of primary amides is 1. The van der Waals surface area contributed by atoms with Crippen LogP contribution in [0.1, 0.15) is 64.4 Å². The van der Waals surface area contributed by atoms with Crippen LogP contribution < -0.4 is 11.1 Å². The Balaban J connectivity index is 1.57. The number of hydrogen-bond acceptors (Lipinski definition) is 4. The molecule has 1 saturated heterocycles. The number of aliphatic hydroxyl groups excluding tert-OH is 1. The van der Waals surface area contributed by atoms with Gasteiger partial charge in [0.25, 0.3) is 0 Å². The van der Waals surface area contributed by atoms with E-state index in [1.54, 1.807) is 13.8 Å². The molecule has 0 unspecified atom stereocenters. The summed E-state index contributed by atoms with van der Waals surface area (Å²) < 4.78 is 0. The lowest BCUT2D eigenvalue weighted by Gasteiger charge is -2.42. The lowest BCUT2D eigenvalue weighted by atomic mass is 9.75. The number of piperidine rings is 1. The predicted molar refractivity (Wildman–Crippen MR) is 127 cm³/mol. The first-order valence-corrected chi connectivity index (χ1v) is 12.3. The van der Waals surface area contributed by atoms with Crippen molar-refractivity contribution in [2.75, 3.05) is 19.6 Å². The molecule has 0 spiro atoms. The Morgan fingerprint density at radius 2 is 1.84 bits per heavy atom. The van der Waals surface area contributed by atoms with Gasteiger partial charge in [-0.2, -0.15) is 0 Å². The Kier molecular flexibility index (Phi) is 8.72. The van der Waals surface area contributed by atoms with Crippen molar-refractivity contribution < 1.29 is 14.7 Å². The van der Waals surface area contributed by atoms with E-state index in [1.807, 2.05) is 30.3 Å². The van der Waals surface area contributed by atoms with E-state index in [4.69, 9.17) is 5.73 Å². The van der Waals surface area contributed by atoms with E-state index in [1.165, 1.54) is 32.1 Å². The SMILES string of the molecule is CC(C)(CC(=O)N[C@@H](Cc1ccccc1)C[C@H](O)CN1CC[C@@H]2CCCC[C@@H]2C1)C(N)=O. The Morgan fingerprint density at radius 3 is 2.53 bits per heavy atom. The van der Waals surface area contributed by atoms with Gasteiger partial charge in [-0.3, -0.25) is 9.59 Å². The zero-order chi connectivity index (χ0) is 23.1. The summed E-state index contributed by atoms with van der Waals surface area (Å²) in [4.78, 5) is 26.7. The summed E-state index contributed by atoms with van der Waals surface area (Å²) in [5, 5.41) is 14.0. The molecule has 2 fully saturated rings. The fraction of sp³-hybridized carbons (Fsp3) is 0.692. The lowest BCUT2D eigenvalue weighted by molar-refractivity contribution is -0.132. The van der Waals surface area contributed by atoms with Gasteiger partial charge in [-0.15, -0.1) is 0 Å². The largest absolute Gasteiger partial charge is 0.392 e. The summed E-state index contributed by atoms with van der Waals surface area (Å²) in [7, 11) is 0. The molecule has 1 aromatic rings. The van der Waals surface area contributed by atoms with Crippen molar-refractivity contribution in [1.82, 2.24) is 10.2 Å². The van der Waals surface area contributed by atoms with Gasteiger partial charge in [0.15, 0.2) is 0 Å². The van der Waals surface area contributed by atoms with Crippen LogP contribution in [-0.4, -0.2) is 53.6 Å². The van der Waals surface area contributed by atoms with E-state index in [0.29, 0.717) is 19.4 Å². The molecular weight excluding hydrogens is 402 g/mol. The molecule has 1 heterocycles. The number of fused-ring (bicyclic) bond motifs is 1. The van der Waals surface area contributed by atoms with Gasteiger partial charge in [0.2, 0.25) is 11.8 Å². The Hall–Kier alpha value is -1.92. The number of nitrogens with zero attached hydrogens (tertiary/aromatic N) is 1. The maximum absolute atomic E-state index is 12.7. The summed E-state index contributed by atoms with van der Waals surface area (Å²) in [6.07, 6.45) is 7.30. The molecule has 178 valence electrons. The standard InChI is InChI=1S/C26H41N3O3/c1-26(2,25(27)32)16-24(31)28-22(14-19-8-4-3-5-9-19)15-23(30)18-29-13-12-20-10-6-7-11-21(20)17-29/h3-5,8-9,20-23,30H,6-7,10-18H2,1-2H3,(H2,27,32)(H,28,31)/t20-,21+,22-,23-/m0/s1. The van der Waals surface area contributed by atoms with Gasteiger partial charge < -0.3 is 21.1 Å². The number of nitrogens with two attached hydrogens (primary N) is 1. The molecule has 1 saturated carbocycles. The topological polar surface area (TPSA) is 95.7 Å². The molecule has 2 amide bonds. The molecule has 0 bridgehead atoms. The summed E-state index contributed by atoms with van der Waals surface area (Å²) >= 11 is 0. The molecule has 1 aromatic carbocycles. The molecule has 0 aromatic heterocycles. The van der Waals surface area contributed by atoms with Gasteiger partial charge in [-0.25, -0.2) is 0 Å². The van der Waals surface area contributed by atoms with Crippen LogP contribution in [0.2, 0.25) is 0 Å². The highest BCUT2D eigenvalue weighted by Crippen LogP contribution is 2.36. The molecule has 4 atom stereocenters. The van der Waals surface area contributed by atoms with Crippen molar-refractivity contribution in [2.45, 2.75) is 77.4 Å². The van der Waals surface area contributed by atoms with Crippen molar-refractivity contribution in [3.8, 4) is 0 Å². The average Bonchev–Trinajstić information content (AvgIpc) is 2.73. The van der Waals surface area contributed by atoms with Crippen molar-refractivity contribution >= 4 is 11.8 Å². The van der Waals surface area contributed by atoms with Crippen LogP contribution in [0.25, 0.3) is 0 Å². The smallest absolute Gasteiger partial charge is 0.223 e. The maximum atomic E-state index is 12.7. The number of nitrogens with one attached hydrogen (secondary N) is 1. The highest BCUT2D eigenvalue weighted by molar-refractivity contribution is 5.87. The normalized spacial score (nSPS) is 23.7. The highest BCUT2D eigenvalue weighted by atomic mass is 16.3. The van der Waals surface area contributed by atoms with Crippen molar-refractivity contribution in [3.63, 3.8) is 0 Å². The van der Waals surface area contributed by atoms with Gasteiger partial charge in [0.05, 0.1) is 11.5 Å². The van der Waals surface area contributed by atoms with Crippen molar-refractivity contribution in [3.05, 3.63) is 35.9 Å². The van der Waals surface area contributed by atoms with Crippen molar-refractivity contribution in [2.24, 2.45) is 23.0 Å². The zero-order valence-corrected chi connectivity index (χ0v) is 19.8. The first kappa shape index (κ1) is 24.7. The molecule has 3 rings (SSSR count). The first-order valence-electron chi connectivity index (χ1n) is 12.3. The summed E-state index contributed by atoms with van der Waals surface area (Å²) in [5.41, 5.74) is 5.65. The monoisotopic (exact) mass is 443 g/mol. The minimum absolute atomic E-state index is 0.0406. The third kappa shape index (κ3) is 7.31. The molecule has 32 heavy (non-hydrogen) atoms. The third-order valence-electron chi connectivity index (χ3n) is 7.36. The number of carbonyl (C=O) groups excluding carboxylic acids is 2. The highest BCUT2D eigenvalue weighted by Gasteiger charge is 2.32. The molecule has 6 heteroatoms. The van der Waals surface area contributed by atoms with Gasteiger partial charge in [0.1, 0.15) is 0 Å². The molecule has 1 aliphatic carbocycles. The number of carbonyl (C=O) groups is 2. The second-order valence-corrected chi connectivity index (χ2v) is 10.6. The predicted octanol–water partition coefficient (Wildman–Crippen LogP) is 2.88. The molecule has 6 nitrogen and oxygen atoms in total. The van der Waals surface area contributed by atoms with Crippen LogP contribution >= 0.6 is 0 Å². The number of hydrogen-bond donors (Lipinski definition) is 3. The Labute approximate surface area is 192 Å². The fourth-order valence-electron chi connectivity index (χ4n) is 5.40. The second kappa shape index (κ2) is 11.3. The number of benzene rings is 1. The summed E-state index contributed by atoms with van der Waals surface area (Å²) in [5.74, 6) is 0.958. The zero-order valence-electron chi connectivity index (χ0n) is 19.8. The first-order chi connectivity index (χ1) is 15.2. The van der Waals surface area contributed by atoms with E-state index < -0.39 is 17.4 Å². The molecule has 1 aliphatic heterocycles. The van der Waals surface area contributed by atoms with E-state index in [2.05, 4.69) is 10.2 Å². The molecular formula is C26H41N3O3. The van der Waals surface area contributed by atoms with Gasteiger partial charge in [-0.1, -0.05) is 63.4 Å². The van der Waals surface area contributed by atoms with Crippen LogP contribution in [0.4, 0.5) is 0 Å². The number of aliphatic hydroxyl groups is 1. The van der Waals surface area contributed by atoms with E-state index in [0.717, 1.165) is 30.5 Å². The van der Waals surface area contributed by atoms with Crippen LogP contribution in [0, 0.1) is 17.3 Å². The van der Waals surface area contributed by atoms with Crippen LogP contribution in [0.15, 0.2) is 30.3 Å². The fourth-order valence-corrected chi connectivity index (χ4v) is 5.40. The third-order valence-corrected chi connectivity index (χ3v) is 7.36. The van der Waals surface area contributed by atoms with Crippen LogP contribution in [-0.2, 0) is 16.0 Å². The van der Waals surface area contributed by atoms with Gasteiger partial charge >= 0.3 is 0 Å². The number of amides is 2. The molecule has 2 aliphatic rings. The van der Waals surface area contributed by atoms with Gasteiger partial charge in [-0.05, 0) is 49.6 Å². The Morgan fingerprint density at radius 1 is 1.16 bits per heavy atom. The minimum atomic E-state index is -0.898. The van der Waals surface area contributed by atoms with Crippen molar-refractivity contribution in [1.29, 1.82) is 0 Å². The quantitative estimate of drug-likeness (QED) is 0.518. The summed E-state index contributed by atoms with van der Waals surface area (Å²) in [6.45, 7) is 6.16. The number of likely N-dealkylation sites (tertiary alicyclic amines) is 1. The number of rotatable bonds is 10. The average molecular weight is 444 g/mol. The van der Waals surface area contributed by atoms with Crippen LogP contribution in [0.5, 0.6) is 0 Å². The number of β-amino-alcohol motifs (C(OH)–C–C–N with tert-alkyl or cyclic N) is 1. The Bertz CT molecular complexity index is 752. The minimum Gasteiger partial charge on any atom is -0.392 e. The maximum Gasteiger partial charge on any atom is 0.223 e. The van der Waals surface area contributed by atoms with E-state index >= 15 is 0 Å². The lowest BCUT2D eigenvalue weighted by Crippen LogP contribution is -2.47. The second-order valence-electron chi connectivity index (χ2n) is 10.6. The van der Waals surface area contributed by atoms with E-state index in [9.17, 15) is 14.7 Å². The van der Waals surface area contributed by atoms with Crippen LogP contribution in [0.3, 0.4) is 0 Å². The molecule has 4 N–H and O–H groups in total. The van der Waals surface area contributed by atoms with E-state index in [-0.39, 0.29) is 18.4 Å². The van der Waals surface area contributed by atoms with Gasteiger partial charge in [0, 0.05) is 25.6 Å². The molecule has 0 radical (unpaired) electrons. The summed E-state index contributed by atoms with van der Waals surface area (Å²) in [6, 6.07) is 9.80.